The predicted octanol–water partition coefficient (Wildman–Crippen LogP) is 5.33. The molecule has 2 rings (SSSR count). The van der Waals surface area contributed by atoms with Crippen molar-refractivity contribution in [1.29, 1.82) is 0 Å². The number of ether oxygens (including phenoxy) is 2. The molecule has 0 atom stereocenters. The monoisotopic (exact) mass is 490 g/mol. The normalized spacial score (nSPS) is 15.8. The first-order chi connectivity index (χ1) is 12.8. The Bertz CT molecular complexity index is 620. The third kappa shape index (κ3) is 7.68. The van der Waals surface area contributed by atoms with Crippen LogP contribution in [-0.2, 0) is 14.3 Å². The molecule has 1 aliphatic rings. The fourth-order valence-corrected chi connectivity index (χ4v) is 7.20. The van der Waals surface area contributed by atoms with Gasteiger partial charge in [0.1, 0.15) is 0 Å². The first-order valence-corrected chi connectivity index (χ1v) is 14.1. The van der Waals surface area contributed by atoms with E-state index in [-0.39, 0.29) is 17.9 Å². The van der Waals surface area contributed by atoms with Crippen LogP contribution in [0.3, 0.4) is 0 Å². The van der Waals surface area contributed by atoms with Crippen LogP contribution in [0.25, 0.3) is 0 Å². The van der Waals surface area contributed by atoms with Gasteiger partial charge >= 0.3 is 170 Å². The van der Waals surface area contributed by atoms with E-state index in [1.54, 1.807) is 19.1 Å². The summed E-state index contributed by atoms with van der Waals surface area (Å²) in [7, 11) is 0. The van der Waals surface area contributed by atoms with E-state index in [4.69, 9.17) is 12.5 Å². The van der Waals surface area contributed by atoms with Gasteiger partial charge in [-0.05, 0) is 0 Å². The Hall–Kier alpha value is -1.31. The van der Waals surface area contributed by atoms with E-state index in [1.807, 2.05) is 26.0 Å². The number of esters is 2. The summed E-state index contributed by atoms with van der Waals surface area (Å²) in [4.78, 5) is 25.8. The number of carbonyl (C=O) groups is 2. The van der Waals surface area contributed by atoms with E-state index in [2.05, 4.69) is 4.93 Å². The molecule has 152 valence electrons. The van der Waals surface area contributed by atoms with Crippen molar-refractivity contribution < 1.29 is 22.1 Å². The summed E-state index contributed by atoms with van der Waals surface area (Å²) >= 11 is -1.76. The van der Waals surface area contributed by atoms with E-state index in [0.717, 1.165) is 35.9 Å². The number of carbonyl (C=O) groups excluding carboxylic acids is 2. The molecule has 6 heteroatoms. The van der Waals surface area contributed by atoms with Crippen molar-refractivity contribution in [3.63, 3.8) is 0 Å². The average Bonchev–Trinajstić information content (AvgIpc) is 2.63. The molecule has 0 radical (unpaired) electrons. The molecule has 1 aromatic rings. The molecule has 1 fully saturated rings. The van der Waals surface area contributed by atoms with Gasteiger partial charge in [-0.3, -0.25) is 0 Å². The minimum atomic E-state index is -1.76. The number of hydrogen-bond acceptors (Lipinski definition) is 5. The molecule has 5 nitrogen and oxygen atoms in total. The molecule has 1 aromatic carbocycles. The molecule has 27 heavy (non-hydrogen) atoms. The van der Waals surface area contributed by atoms with E-state index >= 15 is 0 Å². The van der Waals surface area contributed by atoms with Crippen molar-refractivity contribution in [2.45, 2.75) is 64.9 Å². The SMILES string of the molecule is CCC(=O)OC(C)(C)CI(C)Oc1ccc(OC(=O)C2CCCCC2)cc1. The number of halogens is 1. The maximum absolute atomic E-state index is 12.2. The Balaban J connectivity index is 1.83. The minimum absolute atomic E-state index is 0.0381. The first-order valence-electron chi connectivity index (χ1n) is 9.57. The van der Waals surface area contributed by atoms with E-state index in [9.17, 15) is 9.59 Å². The predicted molar refractivity (Wildman–Crippen MR) is 115 cm³/mol. The molecule has 0 aromatic heterocycles. The van der Waals surface area contributed by atoms with Crippen LogP contribution in [0.4, 0.5) is 0 Å². The number of hydrogen-bond donors (Lipinski definition) is 0. The molecule has 0 spiro atoms. The van der Waals surface area contributed by atoms with Gasteiger partial charge in [0, 0.05) is 0 Å². The first kappa shape index (κ1) is 22.0. The van der Waals surface area contributed by atoms with Crippen molar-refractivity contribution in [3.8, 4) is 11.5 Å². The van der Waals surface area contributed by atoms with Gasteiger partial charge in [0.2, 0.25) is 0 Å². The summed E-state index contributed by atoms with van der Waals surface area (Å²) in [5, 5.41) is 0. The van der Waals surface area contributed by atoms with Crippen LogP contribution in [0.1, 0.15) is 59.3 Å². The van der Waals surface area contributed by atoms with Crippen LogP contribution in [0.2, 0.25) is 0 Å². The van der Waals surface area contributed by atoms with Crippen LogP contribution in [0, 0.1) is 5.92 Å². The van der Waals surface area contributed by atoms with Crippen molar-refractivity contribution in [3.05, 3.63) is 24.3 Å². The number of alkyl halides is 2. The Morgan fingerprint density at radius 3 is 2.26 bits per heavy atom. The summed E-state index contributed by atoms with van der Waals surface area (Å²) in [5.41, 5.74) is -0.512. The Morgan fingerprint density at radius 2 is 1.67 bits per heavy atom. The molecule has 0 heterocycles. The average molecular weight is 490 g/mol. The van der Waals surface area contributed by atoms with Crippen LogP contribution in [0.15, 0.2) is 24.3 Å². The van der Waals surface area contributed by atoms with Gasteiger partial charge in [-0.25, -0.2) is 0 Å². The molecular weight excluding hydrogens is 459 g/mol. The fourth-order valence-electron chi connectivity index (χ4n) is 3.14. The van der Waals surface area contributed by atoms with Crippen LogP contribution in [-0.4, -0.2) is 26.9 Å². The third-order valence-electron chi connectivity index (χ3n) is 4.39. The molecule has 0 unspecified atom stereocenters. The Labute approximate surface area is 170 Å². The van der Waals surface area contributed by atoms with Gasteiger partial charge in [0.15, 0.2) is 0 Å². The number of benzene rings is 1. The summed E-state index contributed by atoms with van der Waals surface area (Å²) in [6.45, 7) is 5.64. The molecule has 0 N–H and O–H groups in total. The third-order valence-corrected chi connectivity index (χ3v) is 8.56. The van der Waals surface area contributed by atoms with Crippen LogP contribution < -0.4 is 7.80 Å². The Morgan fingerprint density at radius 1 is 1.07 bits per heavy atom. The van der Waals surface area contributed by atoms with Gasteiger partial charge in [0.25, 0.3) is 0 Å². The summed E-state index contributed by atoms with van der Waals surface area (Å²) in [6.07, 6.45) is 5.68. The van der Waals surface area contributed by atoms with Gasteiger partial charge in [-0.2, -0.15) is 0 Å². The van der Waals surface area contributed by atoms with Gasteiger partial charge in [-0.1, -0.05) is 0 Å². The molecule has 0 aliphatic heterocycles. The van der Waals surface area contributed by atoms with Crippen molar-refractivity contribution >= 4 is 32.2 Å². The van der Waals surface area contributed by atoms with Crippen molar-refractivity contribution in [2.75, 3.05) is 9.36 Å². The van der Waals surface area contributed by atoms with Crippen molar-refractivity contribution in [2.24, 2.45) is 5.92 Å². The molecule has 0 bridgehead atoms. The number of rotatable bonds is 8. The van der Waals surface area contributed by atoms with Gasteiger partial charge < -0.3 is 0 Å². The Kier molecular flexibility index (Phi) is 8.38. The zero-order valence-electron chi connectivity index (χ0n) is 16.8. The van der Waals surface area contributed by atoms with E-state index in [0.29, 0.717) is 12.2 Å². The van der Waals surface area contributed by atoms with E-state index < -0.39 is 25.8 Å². The maximum atomic E-state index is 12.2. The molecule has 0 amide bonds. The van der Waals surface area contributed by atoms with Crippen molar-refractivity contribution in [1.82, 2.24) is 0 Å². The topological polar surface area (TPSA) is 61.8 Å². The second kappa shape index (κ2) is 10.3. The molecule has 1 aliphatic carbocycles. The zero-order valence-corrected chi connectivity index (χ0v) is 18.9. The van der Waals surface area contributed by atoms with Gasteiger partial charge in [-0.15, -0.1) is 0 Å². The fraction of sp³-hybridized carbons (Fsp3) is 0.619. The van der Waals surface area contributed by atoms with Crippen LogP contribution >= 0.6 is 20.2 Å². The quantitative estimate of drug-likeness (QED) is 0.213. The molecule has 0 saturated heterocycles. The summed E-state index contributed by atoms with van der Waals surface area (Å²) < 4.78 is 17.8. The van der Waals surface area contributed by atoms with Gasteiger partial charge in [0.05, 0.1) is 0 Å². The molecule has 1 saturated carbocycles. The summed E-state index contributed by atoms with van der Waals surface area (Å²) in [6, 6.07) is 7.23. The van der Waals surface area contributed by atoms with Crippen LogP contribution in [0.5, 0.6) is 11.5 Å². The summed E-state index contributed by atoms with van der Waals surface area (Å²) in [5.74, 6) is 1.06. The zero-order chi connectivity index (χ0) is 19.9. The van der Waals surface area contributed by atoms with E-state index in [1.165, 1.54) is 6.42 Å². The second-order valence-electron chi connectivity index (χ2n) is 7.56. The molecular formula is C21H31IO5. The second-order valence-corrected chi connectivity index (χ2v) is 11.8. The standard InChI is InChI=1S/C21H31IO5/c1-5-19(23)26-21(2,3)15-22(4)27-18-13-11-17(12-14-18)25-20(24)16-9-7-6-8-10-16/h11-14,16H,5-10,15H2,1-4H3.